The van der Waals surface area contributed by atoms with Gasteiger partial charge in [0.1, 0.15) is 5.82 Å². The van der Waals surface area contributed by atoms with Crippen molar-refractivity contribution in [2.45, 2.75) is 19.5 Å². The lowest BCUT2D eigenvalue weighted by Crippen LogP contribution is -2.24. The predicted molar refractivity (Wildman–Crippen MR) is 85.3 cm³/mol. The van der Waals surface area contributed by atoms with Gasteiger partial charge >= 0.3 is 0 Å². The summed E-state index contributed by atoms with van der Waals surface area (Å²) >= 11 is 6.08. The van der Waals surface area contributed by atoms with Gasteiger partial charge in [0.25, 0.3) is 0 Å². The summed E-state index contributed by atoms with van der Waals surface area (Å²) in [5.74, 6) is 0.995. The first kappa shape index (κ1) is 14.8. The molecule has 0 saturated heterocycles. The molecule has 0 bridgehead atoms. The van der Waals surface area contributed by atoms with E-state index in [2.05, 4.69) is 41.3 Å². The predicted octanol–water partition coefficient (Wildman–Crippen LogP) is 3.65. The summed E-state index contributed by atoms with van der Waals surface area (Å²) in [5.41, 5.74) is 2.37. The maximum Gasteiger partial charge on any atom is 0.133 e. The van der Waals surface area contributed by atoms with Crippen LogP contribution in [0.25, 0.3) is 0 Å². The summed E-state index contributed by atoms with van der Waals surface area (Å²) in [6, 6.07) is 12.2. The molecular formula is C16H20ClN3. The zero-order valence-electron chi connectivity index (χ0n) is 12.1. The summed E-state index contributed by atoms with van der Waals surface area (Å²) in [6.07, 6.45) is 1.83. The Bertz CT molecular complexity index is 571. The summed E-state index contributed by atoms with van der Waals surface area (Å²) < 4.78 is 0. The van der Waals surface area contributed by atoms with Crippen molar-refractivity contribution in [1.82, 2.24) is 10.3 Å². The lowest BCUT2D eigenvalue weighted by atomic mass is 10.1. The number of hydrogen-bond donors (Lipinski definition) is 1. The second kappa shape index (κ2) is 6.73. The van der Waals surface area contributed by atoms with Crippen LogP contribution >= 0.6 is 11.6 Å². The molecule has 0 aliphatic heterocycles. The molecule has 0 fully saturated rings. The molecule has 0 aliphatic carbocycles. The van der Waals surface area contributed by atoms with Crippen molar-refractivity contribution < 1.29 is 0 Å². The smallest absolute Gasteiger partial charge is 0.133 e. The van der Waals surface area contributed by atoms with E-state index in [0.717, 1.165) is 17.4 Å². The Morgan fingerprint density at radius 3 is 2.80 bits per heavy atom. The van der Waals surface area contributed by atoms with E-state index in [4.69, 9.17) is 11.6 Å². The van der Waals surface area contributed by atoms with E-state index in [0.29, 0.717) is 0 Å². The van der Waals surface area contributed by atoms with Crippen molar-refractivity contribution in [3.63, 3.8) is 0 Å². The highest BCUT2D eigenvalue weighted by Gasteiger charge is 2.16. The molecule has 2 rings (SSSR count). The first-order valence-electron chi connectivity index (χ1n) is 6.70. The lowest BCUT2D eigenvalue weighted by Gasteiger charge is -2.28. The minimum Gasteiger partial charge on any atom is -0.353 e. The Kier molecular flexibility index (Phi) is 4.99. The molecule has 1 atom stereocenters. The normalized spacial score (nSPS) is 12.2. The Labute approximate surface area is 125 Å². The van der Waals surface area contributed by atoms with Gasteiger partial charge in [0.05, 0.1) is 6.04 Å². The van der Waals surface area contributed by atoms with Gasteiger partial charge < -0.3 is 10.2 Å². The summed E-state index contributed by atoms with van der Waals surface area (Å²) in [6.45, 7) is 2.96. The van der Waals surface area contributed by atoms with Crippen LogP contribution in [0, 0.1) is 0 Å². The maximum absolute atomic E-state index is 6.08. The molecule has 0 spiro atoms. The van der Waals surface area contributed by atoms with Crippen molar-refractivity contribution in [3.8, 4) is 0 Å². The molecule has 1 aromatic heterocycles. The lowest BCUT2D eigenvalue weighted by molar-refractivity contribution is 0.714. The number of aromatic nitrogens is 1. The number of pyridine rings is 1. The molecule has 1 unspecified atom stereocenters. The largest absolute Gasteiger partial charge is 0.353 e. The van der Waals surface area contributed by atoms with E-state index in [9.17, 15) is 0 Å². The van der Waals surface area contributed by atoms with E-state index in [1.807, 2.05) is 37.5 Å². The Morgan fingerprint density at radius 2 is 2.10 bits per heavy atom. The third-order valence-electron chi connectivity index (χ3n) is 3.48. The first-order chi connectivity index (χ1) is 9.63. The zero-order chi connectivity index (χ0) is 14.5. The second-order valence-corrected chi connectivity index (χ2v) is 5.29. The summed E-state index contributed by atoms with van der Waals surface area (Å²) in [4.78, 5) is 6.70. The first-order valence-corrected chi connectivity index (χ1v) is 7.08. The number of rotatable bonds is 5. The van der Waals surface area contributed by atoms with Crippen LogP contribution in [0.4, 0.5) is 5.82 Å². The molecule has 1 N–H and O–H groups in total. The second-order valence-electron chi connectivity index (χ2n) is 4.86. The maximum atomic E-state index is 6.08. The molecule has 2 aromatic rings. The summed E-state index contributed by atoms with van der Waals surface area (Å²) in [5, 5.41) is 3.94. The highest BCUT2D eigenvalue weighted by molar-refractivity contribution is 6.30. The summed E-state index contributed by atoms with van der Waals surface area (Å²) in [7, 11) is 4.00. The van der Waals surface area contributed by atoms with E-state index in [1.54, 1.807) is 0 Å². The Hall–Kier alpha value is -1.58. The Balaban J connectivity index is 2.28. The van der Waals surface area contributed by atoms with E-state index < -0.39 is 0 Å². The fraction of sp³-hybridized carbons (Fsp3) is 0.312. The SMILES string of the molecule is CNCc1cccnc1N(C)C(C)c1cccc(Cl)c1. The average molecular weight is 290 g/mol. The van der Waals surface area contributed by atoms with E-state index in [1.165, 1.54) is 11.1 Å². The average Bonchev–Trinajstić information content (AvgIpc) is 2.47. The Morgan fingerprint density at radius 1 is 1.30 bits per heavy atom. The molecular weight excluding hydrogens is 270 g/mol. The third kappa shape index (κ3) is 3.30. The molecule has 20 heavy (non-hydrogen) atoms. The van der Waals surface area contributed by atoms with Gasteiger partial charge in [-0.3, -0.25) is 0 Å². The number of halogens is 1. The third-order valence-corrected chi connectivity index (χ3v) is 3.72. The van der Waals surface area contributed by atoms with Gasteiger partial charge in [-0.25, -0.2) is 4.98 Å². The number of anilines is 1. The van der Waals surface area contributed by atoms with Crippen LogP contribution in [-0.2, 0) is 6.54 Å². The van der Waals surface area contributed by atoms with Crippen LogP contribution in [0.15, 0.2) is 42.6 Å². The molecule has 0 radical (unpaired) electrons. The fourth-order valence-corrected chi connectivity index (χ4v) is 2.45. The number of nitrogens with one attached hydrogen (secondary N) is 1. The van der Waals surface area contributed by atoms with Crippen molar-refractivity contribution >= 4 is 17.4 Å². The van der Waals surface area contributed by atoms with Crippen molar-refractivity contribution in [2.75, 3.05) is 19.0 Å². The topological polar surface area (TPSA) is 28.2 Å². The monoisotopic (exact) mass is 289 g/mol. The van der Waals surface area contributed by atoms with Crippen LogP contribution in [0.2, 0.25) is 5.02 Å². The van der Waals surface area contributed by atoms with Gasteiger partial charge in [-0.2, -0.15) is 0 Å². The van der Waals surface area contributed by atoms with Crippen LogP contribution < -0.4 is 10.2 Å². The van der Waals surface area contributed by atoms with E-state index >= 15 is 0 Å². The van der Waals surface area contributed by atoms with Crippen LogP contribution in [0.5, 0.6) is 0 Å². The number of benzene rings is 1. The van der Waals surface area contributed by atoms with Gasteiger partial charge in [0.15, 0.2) is 0 Å². The van der Waals surface area contributed by atoms with Gasteiger partial charge in [0, 0.05) is 30.4 Å². The molecule has 0 saturated carbocycles. The standard InChI is InChI=1S/C16H20ClN3/c1-12(13-6-4-8-15(17)10-13)20(3)16-14(11-18-2)7-5-9-19-16/h4-10,12,18H,11H2,1-3H3. The van der Waals surface area contributed by atoms with E-state index in [-0.39, 0.29) is 6.04 Å². The van der Waals surface area contributed by atoms with Crippen molar-refractivity contribution in [2.24, 2.45) is 0 Å². The minimum absolute atomic E-state index is 0.208. The number of hydrogen-bond acceptors (Lipinski definition) is 3. The van der Waals surface area contributed by atoms with Gasteiger partial charge in [-0.1, -0.05) is 29.8 Å². The van der Waals surface area contributed by atoms with Crippen molar-refractivity contribution in [3.05, 3.63) is 58.7 Å². The molecule has 1 aromatic carbocycles. The van der Waals surface area contributed by atoms with Gasteiger partial charge in [0.2, 0.25) is 0 Å². The van der Waals surface area contributed by atoms with Gasteiger partial charge in [-0.15, -0.1) is 0 Å². The van der Waals surface area contributed by atoms with Crippen LogP contribution in [-0.4, -0.2) is 19.1 Å². The highest BCUT2D eigenvalue weighted by Crippen LogP contribution is 2.27. The van der Waals surface area contributed by atoms with Crippen molar-refractivity contribution in [1.29, 1.82) is 0 Å². The van der Waals surface area contributed by atoms with Gasteiger partial charge in [-0.05, 0) is 37.7 Å². The quantitative estimate of drug-likeness (QED) is 0.911. The molecule has 3 nitrogen and oxygen atoms in total. The zero-order valence-corrected chi connectivity index (χ0v) is 12.9. The molecule has 0 aliphatic rings. The molecule has 4 heteroatoms. The molecule has 106 valence electrons. The molecule has 0 amide bonds. The number of nitrogens with zero attached hydrogens (tertiary/aromatic N) is 2. The van der Waals surface area contributed by atoms with Crippen LogP contribution in [0.1, 0.15) is 24.1 Å². The minimum atomic E-state index is 0.208. The highest BCUT2D eigenvalue weighted by atomic mass is 35.5. The van der Waals surface area contributed by atoms with Crippen LogP contribution in [0.3, 0.4) is 0 Å². The molecule has 1 heterocycles. The fourth-order valence-electron chi connectivity index (χ4n) is 2.25.